The largest absolute Gasteiger partial charge is 0.349 e. The van der Waals surface area contributed by atoms with Crippen molar-refractivity contribution in [2.24, 2.45) is 23.2 Å². The Morgan fingerprint density at radius 2 is 1.40 bits per heavy atom. The van der Waals surface area contributed by atoms with Crippen LogP contribution in [-0.4, -0.2) is 24.8 Å². The van der Waals surface area contributed by atoms with Gasteiger partial charge in [-0.15, -0.1) is 0 Å². The number of hydrogen-bond donors (Lipinski definition) is 0. The molecule has 120 valence electrons. The van der Waals surface area contributed by atoms with Gasteiger partial charge in [-0.2, -0.15) is 0 Å². The number of carbonyl (C=O) groups excluding carboxylic acids is 1. The average Bonchev–Trinajstić information content (AvgIpc) is 2.32. The molecular formula is C17H34O3. The number of rotatable bonds is 3. The van der Waals surface area contributed by atoms with E-state index >= 15 is 0 Å². The van der Waals surface area contributed by atoms with Gasteiger partial charge >= 0.3 is 0 Å². The molecule has 1 heterocycles. The van der Waals surface area contributed by atoms with E-state index in [4.69, 9.17) is 9.47 Å². The summed E-state index contributed by atoms with van der Waals surface area (Å²) in [6, 6.07) is 0. The van der Waals surface area contributed by atoms with Crippen LogP contribution in [-0.2, 0) is 14.3 Å². The fourth-order valence-electron chi connectivity index (χ4n) is 2.29. The third-order valence-corrected chi connectivity index (χ3v) is 3.82. The molecular weight excluding hydrogens is 252 g/mol. The minimum absolute atomic E-state index is 0.0413. The van der Waals surface area contributed by atoms with Crippen molar-refractivity contribution in [2.45, 2.75) is 80.8 Å². The molecule has 0 saturated carbocycles. The SMILES string of the molecule is CC(C)C1OC(C)C(C)(C)C(C(C)C)O1.CC(C)C=O. The normalized spacial score (nSPS) is 29.3. The molecule has 0 aromatic carbocycles. The number of hydrogen-bond acceptors (Lipinski definition) is 3. The second kappa shape index (κ2) is 8.14. The fourth-order valence-corrected chi connectivity index (χ4v) is 2.29. The van der Waals surface area contributed by atoms with Crippen molar-refractivity contribution < 1.29 is 14.3 Å². The molecule has 0 aliphatic carbocycles. The standard InChI is InChI=1S/C13H26O2.C4H8O/c1-8(2)11-13(6,7)10(5)14-12(15-11)9(3)4;1-4(2)3-5/h8-12H,1-7H3;3-4H,1-2H3. The van der Waals surface area contributed by atoms with Crippen LogP contribution in [0.15, 0.2) is 0 Å². The van der Waals surface area contributed by atoms with Crippen molar-refractivity contribution in [1.29, 1.82) is 0 Å². The van der Waals surface area contributed by atoms with Crippen LogP contribution in [0.2, 0.25) is 0 Å². The third-order valence-electron chi connectivity index (χ3n) is 3.82. The Hall–Kier alpha value is -0.410. The van der Waals surface area contributed by atoms with Gasteiger partial charge in [-0.05, 0) is 12.8 Å². The molecule has 0 aromatic heterocycles. The molecule has 0 bridgehead atoms. The second-order valence-corrected chi connectivity index (χ2v) is 7.39. The van der Waals surface area contributed by atoms with Gasteiger partial charge in [0.15, 0.2) is 6.29 Å². The molecule has 0 amide bonds. The molecule has 20 heavy (non-hydrogen) atoms. The zero-order chi connectivity index (χ0) is 16.1. The highest BCUT2D eigenvalue weighted by Gasteiger charge is 2.45. The molecule has 3 nitrogen and oxygen atoms in total. The van der Waals surface area contributed by atoms with Crippen molar-refractivity contribution in [3.8, 4) is 0 Å². The maximum atomic E-state index is 9.50. The van der Waals surface area contributed by atoms with Crippen molar-refractivity contribution in [3.05, 3.63) is 0 Å². The smallest absolute Gasteiger partial charge is 0.160 e. The van der Waals surface area contributed by atoms with E-state index in [-0.39, 0.29) is 29.8 Å². The Kier molecular flexibility index (Phi) is 7.97. The summed E-state index contributed by atoms with van der Waals surface area (Å²) in [4.78, 5) is 9.50. The van der Waals surface area contributed by atoms with Crippen LogP contribution in [0.5, 0.6) is 0 Å². The van der Waals surface area contributed by atoms with Gasteiger partial charge in [0.2, 0.25) is 0 Å². The molecule has 3 heteroatoms. The Balaban J connectivity index is 0.000000621. The Labute approximate surface area is 125 Å². The van der Waals surface area contributed by atoms with Gasteiger partial charge in [0.1, 0.15) is 6.29 Å². The lowest BCUT2D eigenvalue weighted by Crippen LogP contribution is -2.54. The van der Waals surface area contributed by atoms with Gasteiger partial charge in [0, 0.05) is 17.3 Å². The molecule has 1 fully saturated rings. The Bertz CT molecular complexity index is 282. The molecule has 0 N–H and O–H groups in total. The lowest BCUT2D eigenvalue weighted by atomic mass is 9.75. The Morgan fingerprint density at radius 1 is 0.950 bits per heavy atom. The molecule has 1 saturated heterocycles. The van der Waals surface area contributed by atoms with Gasteiger partial charge in [-0.3, -0.25) is 0 Å². The summed E-state index contributed by atoms with van der Waals surface area (Å²) in [6.07, 6.45) is 1.42. The summed E-state index contributed by atoms with van der Waals surface area (Å²) in [5.74, 6) is 1.16. The van der Waals surface area contributed by atoms with E-state index in [9.17, 15) is 4.79 Å². The van der Waals surface area contributed by atoms with Crippen LogP contribution in [0.3, 0.4) is 0 Å². The molecule has 1 rings (SSSR count). The van der Waals surface area contributed by atoms with E-state index in [2.05, 4.69) is 48.5 Å². The summed E-state index contributed by atoms with van der Waals surface area (Å²) in [5, 5.41) is 0. The van der Waals surface area contributed by atoms with Crippen molar-refractivity contribution in [3.63, 3.8) is 0 Å². The van der Waals surface area contributed by atoms with Gasteiger partial charge in [0.25, 0.3) is 0 Å². The number of carbonyl (C=O) groups is 1. The molecule has 3 unspecified atom stereocenters. The van der Waals surface area contributed by atoms with Crippen LogP contribution in [0, 0.1) is 23.2 Å². The maximum absolute atomic E-state index is 9.50. The zero-order valence-corrected chi connectivity index (χ0v) is 14.8. The number of aldehydes is 1. The van der Waals surface area contributed by atoms with Crippen LogP contribution in [0.4, 0.5) is 0 Å². The summed E-state index contributed by atoms with van der Waals surface area (Å²) < 4.78 is 12.0. The highest BCUT2D eigenvalue weighted by molar-refractivity contribution is 5.51. The second-order valence-electron chi connectivity index (χ2n) is 7.39. The molecule has 0 aromatic rings. The minimum Gasteiger partial charge on any atom is -0.349 e. The summed E-state index contributed by atoms with van der Waals surface area (Å²) >= 11 is 0. The van der Waals surface area contributed by atoms with E-state index in [0.29, 0.717) is 11.8 Å². The number of ether oxygens (including phenoxy) is 2. The fraction of sp³-hybridized carbons (Fsp3) is 0.941. The summed E-state index contributed by atoms with van der Waals surface area (Å²) in [5.41, 5.74) is 0.0968. The van der Waals surface area contributed by atoms with Crippen molar-refractivity contribution in [1.82, 2.24) is 0 Å². The first-order chi connectivity index (χ1) is 9.03. The highest BCUT2D eigenvalue weighted by atomic mass is 16.7. The van der Waals surface area contributed by atoms with E-state index in [1.54, 1.807) is 0 Å². The first-order valence-electron chi connectivity index (χ1n) is 7.80. The van der Waals surface area contributed by atoms with E-state index in [1.165, 1.54) is 0 Å². The quantitative estimate of drug-likeness (QED) is 0.726. The van der Waals surface area contributed by atoms with Crippen molar-refractivity contribution in [2.75, 3.05) is 0 Å². The topological polar surface area (TPSA) is 35.5 Å². The lowest BCUT2D eigenvalue weighted by Gasteiger charge is -2.49. The van der Waals surface area contributed by atoms with Crippen LogP contribution < -0.4 is 0 Å². The third kappa shape index (κ3) is 5.53. The summed E-state index contributed by atoms with van der Waals surface area (Å²) in [7, 11) is 0. The zero-order valence-electron chi connectivity index (χ0n) is 14.8. The maximum Gasteiger partial charge on any atom is 0.160 e. The highest BCUT2D eigenvalue weighted by Crippen LogP contribution is 2.40. The van der Waals surface area contributed by atoms with Gasteiger partial charge in [0.05, 0.1) is 12.2 Å². The lowest BCUT2D eigenvalue weighted by molar-refractivity contribution is -0.310. The van der Waals surface area contributed by atoms with Crippen LogP contribution in [0.25, 0.3) is 0 Å². The van der Waals surface area contributed by atoms with Gasteiger partial charge < -0.3 is 14.3 Å². The first kappa shape index (κ1) is 19.6. The molecule has 0 radical (unpaired) electrons. The predicted octanol–water partition coefficient (Wildman–Crippen LogP) is 4.30. The van der Waals surface area contributed by atoms with Gasteiger partial charge in [-0.25, -0.2) is 0 Å². The van der Waals surface area contributed by atoms with Crippen LogP contribution in [0.1, 0.15) is 62.3 Å². The average molecular weight is 286 g/mol. The van der Waals surface area contributed by atoms with E-state index in [0.717, 1.165) is 6.29 Å². The van der Waals surface area contributed by atoms with E-state index in [1.807, 2.05) is 13.8 Å². The van der Waals surface area contributed by atoms with Gasteiger partial charge in [-0.1, -0.05) is 55.4 Å². The molecule has 1 aliphatic heterocycles. The summed E-state index contributed by atoms with van der Waals surface area (Å²) in [6.45, 7) is 19.1. The molecule has 0 spiro atoms. The van der Waals surface area contributed by atoms with Crippen LogP contribution >= 0.6 is 0 Å². The predicted molar refractivity (Wildman–Crippen MR) is 83.6 cm³/mol. The molecule has 1 aliphatic rings. The molecule has 3 atom stereocenters. The Morgan fingerprint density at radius 3 is 1.70 bits per heavy atom. The minimum atomic E-state index is -0.0413. The monoisotopic (exact) mass is 286 g/mol. The van der Waals surface area contributed by atoms with Crippen molar-refractivity contribution >= 4 is 6.29 Å². The van der Waals surface area contributed by atoms with E-state index < -0.39 is 0 Å². The first-order valence-corrected chi connectivity index (χ1v) is 7.80.